The standard InChI is InChI=1S/C14H18N2S/c1-17-10-4-8-15-11-13-6-2-5-12-7-3-9-16-14(12)13/h2-3,5-7,9,15H,4,8,10-11H2,1H3. The normalized spacial score (nSPS) is 10.9. The molecule has 90 valence electrons. The van der Waals surface area contributed by atoms with Gasteiger partial charge in [-0.2, -0.15) is 11.8 Å². The van der Waals surface area contributed by atoms with E-state index in [4.69, 9.17) is 0 Å². The summed E-state index contributed by atoms with van der Waals surface area (Å²) in [4.78, 5) is 4.45. The summed E-state index contributed by atoms with van der Waals surface area (Å²) in [6.07, 6.45) is 5.23. The summed E-state index contributed by atoms with van der Waals surface area (Å²) in [5.41, 5.74) is 2.40. The third kappa shape index (κ3) is 3.45. The Morgan fingerprint density at radius 3 is 3.00 bits per heavy atom. The second-order valence-corrected chi connectivity index (χ2v) is 5.00. The molecule has 0 saturated heterocycles. The molecule has 0 spiro atoms. The fourth-order valence-corrected chi connectivity index (χ4v) is 2.31. The average Bonchev–Trinajstić information content (AvgIpc) is 2.39. The van der Waals surface area contributed by atoms with E-state index in [2.05, 4.69) is 40.8 Å². The van der Waals surface area contributed by atoms with Gasteiger partial charge in [-0.1, -0.05) is 24.3 Å². The van der Waals surface area contributed by atoms with Crippen molar-refractivity contribution in [3.05, 3.63) is 42.1 Å². The van der Waals surface area contributed by atoms with Gasteiger partial charge in [0.2, 0.25) is 0 Å². The second kappa shape index (κ2) is 6.62. The van der Waals surface area contributed by atoms with Crippen molar-refractivity contribution < 1.29 is 0 Å². The van der Waals surface area contributed by atoms with Gasteiger partial charge in [0, 0.05) is 18.1 Å². The zero-order chi connectivity index (χ0) is 11.9. The van der Waals surface area contributed by atoms with Gasteiger partial charge in [-0.25, -0.2) is 0 Å². The van der Waals surface area contributed by atoms with E-state index in [0.29, 0.717) is 0 Å². The molecule has 2 aromatic rings. The van der Waals surface area contributed by atoms with Crippen LogP contribution in [0.4, 0.5) is 0 Å². The topological polar surface area (TPSA) is 24.9 Å². The molecule has 1 aromatic heterocycles. The molecule has 1 heterocycles. The van der Waals surface area contributed by atoms with E-state index < -0.39 is 0 Å². The Kier molecular flexibility index (Phi) is 4.83. The molecule has 17 heavy (non-hydrogen) atoms. The summed E-state index contributed by atoms with van der Waals surface area (Å²) in [6, 6.07) is 10.5. The highest BCUT2D eigenvalue weighted by Gasteiger charge is 2.00. The molecule has 0 atom stereocenters. The predicted octanol–water partition coefficient (Wildman–Crippen LogP) is 3.08. The van der Waals surface area contributed by atoms with Gasteiger partial charge in [0.05, 0.1) is 5.52 Å². The summed E-state index contributed by atoms with van der Waals surface area (Å²) in [7, 11) is 0. The van der Waals surface area contributed by atoms with E-state index >= 15 is 0 Å². The summed E-state index contributed by atoms with van der Waals surface area (Å²) < 4.78 is 0. The number of aromatic nitrogens is 1. The molecule has 0 aliphatic rings. The Morgan fingerprint density at radius 1 is 1.24 bits per heavy atom. The van der Waals surface area contributed by atoms with Gasteiger partial charge in [-0.15, -0.1) is 0 Å². The van der Waals surface area contributed by atoms with Crippen molar-refractivity contribution in [2.75, 3.05) is 18.6 Å². The van der Waals surface area contributed by atoms with Crippen LogP contribution >= 0.6 is 11.8 Å². The number of nitrogens with one attached hydrogen (secondary N) is 1. The van der Waals surface area contributed by atoms with Crippen molar-refractivity contribution in [3.8, 4) is 0 Å². The Morgan fingerprint density at radius 2 is 2.12 bits per heavy atom. The number of thioether (sulfide) groups is 1. The van der Waals surface area contributed by atoms with Crippen LogP contribution in [-0.2, 0) is 6.54 Å². The molecule has 1 N–H and O–H groups in total. The lowest BCUT2D eigenvalue weighted by Gasteiger charge is -2.07. The number of pyridine rings is 1. The molecule has 0 saturated carbocycles. The largest absolute Gasteiger partial charge is 0.313 e. The van der Waals surface area contributed by atoms with Crippen LogP contribution in [0.15, 0.2) is 36.5 Å². The summed E-state index contributed by atoms with van der Waals surface area (Å²) in [5, 5.41) is 4.69. The first-order valence-electron chi connectivity index (χ1n) is 5.94. The van der Waals surface area contributed by atoms with E-state index in [-0.39, 0.29) is 0 Å². The van der Waals surface area contributed by atoms with Crippen LogP contribution < -0.4 is 5.32 Å². The zero-order valence-electron chi connectivity index (χ0n) is 10.1. The Hall–Kier alpha value is -1.06. The Bertz CT molecular complexity index is 465. The zero-order valence-corrected chi connectivity index (χ0v) is 11.0. The maximum Gasteiger partial charge on any atom is 0.0746 e. The highest BCUT2D eigenvalue weighted by Crippen LogP contribution is 2.15. The maximum absolute atomic E-state index is 4.45. The molecule has 0 amide bonds. The van der Waals surface area contributed by atoms with Crippen molar-refractivity contribution in [3.63, 3.8) is 0 Å². The first kappa shape index (κ1) is 12.4. The van der Waals surface area contributed by atoms with Gasteiger partial charge >= 0.3 is 0 Å². The minimum absolute atomic E-state index is 0.905. The van der Waals surface area contributed by atoms with Gasteiger partial charge in [0.15, 0.2) is 0 Å². The van der Waals surface area contributed by atoms with E-state index in [1.807, 2.05) is 24.0 Å². The molecule has 0 aliphatic heterocycles. The molecule has 0 aliphatic carbocycles. The average molecular weight is 246 g/mol. The van der Waals surface area contributed by atoms with Crippen LogP contribution in [-0.4, -0.2) is 23.5 Å². The van der Waals surface area contributed by atoms with Crippen LogP contribution in [0.25, 0.3) is 10.9 Å². The van der Waals surface area contributed by atoms with Gasteiger partial charge in [-0.3, -0.25) is 4.98 Å². The molecule has 0 unspecified atom stereocenters. The van der Waals surface area contributed by atoms with E-state index in [1.165, 1.54) is 23.1 Å². The number of fused-ring (bicyclic) bond motifs is 1. The van der Waals surface area contributed by atoms with Crippen molar-refractivity contribution in [1.29, 1.82) is 0 Å². The molecule has 0 fully saturated rings. The lowest BCUT2D eigenvalue weighted by atomic mass is 10.1. The highest BCUT2D eigenvalue weighted by molar-refractivity contribution is 7.98. The van der Waals surface area contributed by atoms with Crippen LogP contribution in [0.2, 0.25) is 0 Å². The molecular formula is C14H18N2S. The van der Waals surface area contributed by atoms with E-state index in [0.717, 1.165) is 18.6 Å². The monoisotopic (exact) mass is 246 g/mol. The fraction of sp³-hybridized carbons (Fsp3) is 0.357. The molecule has 3 heteroatoms. The molecule has 0 radical (unpaired) electrons. The highest BCUT2D eigenvalue weighted by atomic mass is 32.2. The number of benzene rings is 1. The second-order valence-electron chi connectivity index (χ2n) is 4.02. The lowest BCUT2D eigenvalue weighted by molar-refractivity contribution is 0.681. The minimum Gasteiger partial charge on any atom is -0.313 e. The summed E-state index contributed by atoms with van der Waals surface area (Å²) in [6.45, 7) is 1.98. The van der Waals surface area contributed by atoms with Crippen molar-refractivity contribution in [1.82, 2.24) is 10.3 Å². The third-order valence-electron chi connectivity index (χ3n) is 2.73. The Balaban J connectivity index is 1.98. The number of hydrogen-bond donors (Lipinski definition) is 1. The lowest BCUT2D eigenvalue weighted by Crippen LogP contribution is -2.15. The van der Waals surface area contributed by atoms with Crippen LogP contribution in [0, 0.1) is 0 Å². The molecule has 1 aromatic carbocycles. The minimum atomic E-state index is 0.905. The predicted molar refractivity (Wildman–Crippen MR) is 76.4 cm³/mol. The summed E-state index contributed by atoms with van der Waals surface area (Å²) >= 11 is 1.90. The Labute approximate surface area is 107 Å². The molecule has 2 rings (SSSR count). The third-order valence-corrected chi connectivity index (χ3v) is 3.43. The van der Waals surface area contributed by atoms with Crippen LogP contribution in [0.1, 0.15) is 12.0 Å². The molecular weight excluding hydrogens is 228 g/mol. The fourth-order valence-electron chi connectivity index (χ4n) is 1.87. The van der Waals surface area contributed by atoms with Gasteiger partial charge in [-0.05, 0) is 36.6 Å². The number of rotatable bonds is 6. The van der Waals surface area contributed by atoms with Crippen molar-refractivity contribution >= 4 is 22.7 Å². The summed E-state index contributed by atoms with van der Waals surface area (Å²) in [5.74, 6) is 1.22. The molecule has 0 bridgehead atoms. The van der Waals surface area contributed by atoms with Crippen molar-refractivity contribution in [2.45, 2.75) is 13.0 Å². The first-order chi connectivity index (χ1) is 8.42. The van der Waals surface area contributed by atoms with E-state index in [1.54, 1.807) is 0 Å². The maximum atomic E-state index is 4.45. The number of para-hydroxylation sites is 1. The number of hydrogen-bond acceptors (Lipinski definition) is 3. The number of nitrogens with zero attached hydrogens (tertiary/aromatic N) is 1. The quantitative estimate of drug-likeness (QED) is 0.793. The van der Waals surface area contributed by atoms with Crippen LogP contribution in [0.3, 0.4) is 0 Å². The van der Waals surface area contributed by atoms with Gasteiger partial charge < -0.3 is 5.32 Å². The first-order valence-corrected chi connectivity index (χ1v) is 7.33. The van der Waals surface area contributed by atoms with Gasteiger partial charge in [0.1, 0.15) is 0 Å². The van der Waals surface area contributed by atoms with E-state index in [9.17, 15) is 0 Å². The van der Waals surface area contributed by atoms with Gasteiger partial charge in [0.25, 0.3) is 0 Å². The SMILES string of the molecule is CSCCCNCc1cccc2cccnc12. The van der Waals surface area contributed by atoms with Crippen LogP contribution in [0.5, 0.6) is 0 Å². The van der Waals surface area contributed by atoms with Crippen molar-refractivity contribution in [2.24, 2.45) is 0 Å². The molecule has 2 nitrogen and oxygen atoms in total. The smallest absolute Gasteiger partial charge is 0.0746 e.